The van der Waals surface area contributed by atoms with Gasteiger partial charge in [-0.2, -0.15) is 0 Å². The van der Waals surface area contributed by atoms with E-state index in [9.17, 15) is 4.79 Å². The molecule has 1 aromatic carbocycles. The smallest absolute Gasteiger partial charge is 0.222 e. The molecule has 30 heavy (non-hydrogen) atoms. The highest BCUT2D eigenvalue weighted by Crippen LogP contribution is 2.31. The summed E-state index contributed by atoms with van der Waals surface area (Å²) in [5, 5.41) is 11.7. The second kappa shape index (κ2) is 10.4. The molecule has 2 heterocycles. The molecule has 1 amide bonds. The maximum Gasteiger partial charge on any atom is 0.222 e. The fourth-order valence-corrected chi connectivity index (χ4v) is 3.76. The third kappa shape index (κ3) is 5.09. The van der Waals surface area contributed by atoms with E-state index >= 15 is 0 Å². The zero-order valence-corrected chi connectivity index (χ0v) is 18.2. The van der Waals surface area contributed by atoms with Gasteiger partial charge in [0.05, 0.1) is 26.9 Å². The Morgan fingerprint density at radius 3 is 2.73 bits per heavy atom. The molecule has 0 saturated carbocycles. The van der Waals surface area contributed by atoms with Gasteiger partial charge in [-0.3, -0.25) is 9.69 Å². The number of amides is 1. The minimum Gasteiger partial charge on any atom is -0.493 e. The molecule has 164 valence electrons. The number of benzene rings is 1. The lowest BCUT2D eigenvalue weighted by Crippen LogP contribution is -2.30. The van der Waals surface area contributed by atoms with E-state index < -0.39 is 0 Å². The van der Waals surface area contributed by atoms with E-state index in [4.69, 9.17) is 14.2 Å². The van der Waals surface area contributed by atoms with Crippen molar-refractivity contribution >= 4 is 5.91 Å². The summed E-state index contributed by atoms with van der Waals surface area (Å²) in [6, 6.07) is 5.74. The van der Waals surface area contributed by atoms with E-state index in [-0.39, 0.29) is 11.9 Å². The normalized spacial score (nSPS) is 15.2. The molecule has 0 fully saturated rings. The second-order valence-corrected chi connectivity index (χ2v) is 7.34. The third-order valence-corrected chi connectivity index (χ3v) is 5.32. The van der Waals surface area contributed by atoms with Crippen LogP contribution in [0, 0.1) is 0 Å². The van der Waals surface area contributed by atoms with Crippen LogP contribution in [0.5, 0.6) is 11.5 Å². The average Bonchev–Trinajstić information content (AvgIpc) is 3.06. The molecule has 1 aliphatic rings. The fraction of sp³-hybridized carbons (Fsp3) is 0.571. The van der Waals surface area contributed by atoms with Crippen LogP contribution in [0.3, 0.4) is 0 Å². The lowest BCUT2D eigenvalue weighted by Gasteiger charge is -2.22. The molecule has 0 saturated heterocycles. The zero-order valence-electron chi connectivity index (χ0n) is 18.2. The molecule has 1 aromatic heterocycles. The minimum atomic E-state index is -0.208. The molecule has 0 aliphatic carbocycles. The van der Waals surface area contributed by atoms with Gasteiger partial charge >= 0.3 is 0 Å². The van der Waals surface area contributed by atoms with Gasteiger partial charge in [0.25, 0.3) is 0 Å². The Morgan fingerprint density at radius 1 is 1.17 bits per heavy atom. The molecule has 3 rings (SSSR count). The quantitative estimate of drug-likeness (QED) is 0.662. The molecule has 0 unspecified atom stereocenters. The van der Waals surface area contributed by atoms with Crippen LogP contribution in [0.1, 0.15) is 36.6 Å². The predicted octanol–water partition coefficient (Wildman–Crippen LogP) is 1.57. The van der Waals surface area contributed by atoms with Crippen LogP contribution in [-0.2, 0) is 29.0 Å². The summed E-state index contributed by atoms with van der Waals surface area (Å²) in [6.07, 6.45) is 1.13. The van der Waals surface area contributed by atoms with Crippen LogP contribution in [0.25, 0.3) is 0 Å². The maximum absolute atomic E-state index is 12.0. The Bertz CT molecular complexity index is 854. The van der Waals surface area contributed by atoms with E-state index in [1.165, 1.54) is 0 Å². The van der Waals surface area contributed by atoms with Crippen molar-refractivity contribution in [3.05, 3.63) is 35.4 Å². The van der Waals surface area contributed by atoms with Gasteiger partial charge in [0.2, 0.25) is 5.91 Å². The van der Waals surface area contributed by atoms with Crippen molar-refractivity contribution in [2.75, 3.05) is 41.0 Å². The predicted molar refractivity (Wildman–Crippen MR) is 112 cm³/mol. The molecular formula is C21H31N5O4. The molecular weight excluding hydrogens is 386 g/mol. The largest absolute Gasteiger partial charge is 0.493 e. The van der Waals surface area contributed by atoms with Gasteiger partial charge in [-0.05, 0) is 13.0 Å². The lowest BCUT2D eigenvalue weighted by atomic mass is 10.1. The van der Waals surface area contributed by atoms with Crippen LogP contribution in [-0.4, -0.2) is 66.6 Å². The van der Waals surface area contributed by atoms with Crippen LogP contribution in [0.4, 0.5) is 0 Å². The SMILES string of the molecule is COCCC(=O)N[C@@H](C)c1nnc2n1CCN(Cc1cccc(OC)c1OC)CC2. The minimum absolute atomic E-state index is 0.0536. The number of hydrogen-bond donors (Lipinski definition) is 1. The number of rotatable bonds is 9. The first kappa shape index (κ1) is 22.0. The summed E-state index contributed by atoms with van der Waals surface area (Å²) in [5.74, 6) is 3.20. The highest BCUT2D eigenvalue weighted by Gasteiger charge is 2.23. The molecule has 2 aromatic rings. The van der Waals surface area contributed by atoms with Crippen LogP contribution >= 0.6 is 0 Å². The molecule has 9 heteroatoms. The first-order valence-corrected chi connectivity index (χ1v) is 10.2. The van der Waals surface area contributed by atoms with Crippen molar-refractivity contribution in [3.8, 4) is 11.5 Å². The topological polar surface area (TPSA) is 90.7 Å². The van der Waals surface area contributed by atoms with Crippen LogP contribution in [0.2, 0.25) is 0 Å². The van der Waals surface area contributed by atoms with E-state index in [2.05, 4.69) is 31.0 Å². The highest BCUT2D eigenvalue weighted by atomic mass is 16.5. The molecule has 0 radical (unpaired) electrons. The number of hydrogen-bond acceptors (Lipinski definition) is 7. The molecule has 0 spiro atoms. The second-order valence-electron chi connectivity index (χ2n) is 7.34. The Kier molecular flexibility index (Phi) is 7.64. The summed E-state index contributed by atoms with van der Waals surface area (Å²) < 4.78 is 18.1. The van der Waals surface area contributed by atoms with Crippen molar-refractivity contribution in [2.45, 2.75) is 38.9 Å². The first-order chi connectivity index (χ1) is 14.6. The van der Waals surface area contributed by atoms with Gasteiger partial charge in [-0.15, -0.1) is 10.2 Å². The summed E-state index contributed by atoms with van der Waals surface area (Å²) in [6.45, 7) is 5.58. The van der Waals surface area contributed by atoms with E-state index in [1.54, 1.807) is 21.3 Å². The fourth-order valence-electron chi connectivity index (χ4n) is 3.76. The summed E-state index contributed by atoms with van der Waals surface area (Å²) in [7, 11) is 4.90. The number of ether oxygens (including phenoxy) is 3. The Labute approximate surface area is 177 Å². The Morgan fingerprint density at radius 2 is 2.00 bits per heavy atom. The third-order valence-electron chi connectivity index (χ3n) is 5.32. The molecule has 1 atom stereocenters. The van der Waals surface area contributed by atoms with Crippen molar-refractivity contribution < 1.29 is 19.0 Å². The van der Waals surface area contributed by atoms with E-state index in [0.717, 1.165) is 61.3 Å². The van der Waals surface area contributed by atoms with Gasteiger partial charge < -0.3 is 24.1 Å². The number of nitrogens with zero attached hydrogens (tertiary/aromatic N) is 4. The molecule has 9 nitrogen and oxygen atoms in total. The number of carbonyl (C=O) groups excluding carboxylic acids is 1. The van der Waals surface area contributed by atoms with Crippen LogP contribution in [0.15, 0.2) is 18.2 Å². The van der Waals surface area contributed by atoms with Gasteiger partial charge in [0.15, 0.2) is 17.3 Å². The molecule has 1 N–H and O–H groups in total. The highest BCUT2D eigenvalue weighted by molar-refractivity contribution is 5.76. The summed E-state index contributed by atoms with van der Waals surface area (Å²) in [4.78, 5) is 14.4. The number of para-hydroxylation sites is 1. The van der Waals surface area contributed by atoms with Gasteiger partial charge in [-0.25, -0.2) is 0 Å². The number of carbonyl (C=O) groups is 1. The number of nitrogens with one attached hydrogen (secondary N) is 1. The zero-order chi connectivity index (χ0) is 21.5. The standard InChI is InChI=1S/C21H31N5O4/c1-15(22-19(27)9-13-28-2)21-24-23-18-8-10-25(11-12-26(18)21)14-16-6-5-7-17(29-3)20(16)30-4/h5-7,15H,8-14H2,1-4H3,(H,22,27)/t15-/m0/s1. The van der Waals surface area contributed by atoms with E-state index in [0.29, 0.717) is 13.0 Å². The summed E-state index contributed by atoms with van der Waals surface area (Å²) in [5.41, 5.74) is 1.09. The van der Waals surface area contributed by atoms with Crippen molar-refractivity contribution in [3.63, 3.8) is 0 Å². The molecule has 0 bridgehead atoms. The van der Waals surface area contributed by atoms with E-state index in [1.807, 2.05) is 19.1 Å². The van der Waals surface area contributed by atoms with Crippen LogP contribution < -0.4 is 14.8 Å². The van der Waals surface area contributed by atoms with Crippen molar-refractivity contribution in [2.24, 2.45) is 0 Å². The average molecular weight is 418 g/mol. The maximum atomic E-state index is 12.0. The number of aromatic nitrogens is 3. The Balaban J connectivity index is 1.66. The van der Waals surface area contributed by atoms with Gasteiger partial charge in [0.1, 0.15) is 5.82 Å². The van der Waals surface area contributed by atoms with Gasteiger partial charge in [0, 0.05) is 51.7 Å². The number of fused-ring (bicyclic) bond motifs is 1. The first-order valence-electron chi connectivity index (χ1n) is 10.2. The number of methoxy groups -OCH3 is 3. The lowest BCUT2D eigenvalue weighted by molar-refractivity contribution is -0.122. The van der Waals surface area contributed by atoms with Crippen molar-refractivity contribution in [1.29, 1.82) is 0 Å². The molecule has 1 aliphatic heterocycles. The summed E-state index contributed by atoms with van der Waals surface area (Å²) >= 11 is 0. The monoisotopic (exact) mass is 417 g/mol. The Hall–Kier alpha value is -2.65. The van der Waals surface area contributed by atoms with Crippen molar-refractivity contribution in [1.82, 2.24) is 25.0 Å². The van der Waals surface area contributed by atoms with Gasteiger partial charge in [-0.1, -0.05) is 12.1 Å².